The maximum Gasteiger partial charge on any atom is 0.404 e. The highest BCUT2D eigenvalue weighted by atomic mass is 32.1. The average molecular weight is 683 g/mol. The second kappa shape index (κ2) is 16.6. The number of β-amino-alcohol motifs (C(OH)–C–C–N with tert-alkyl or cyclic N) is 1. The third-order valence-electron chi connectivity index (χ3n) is 8.22. The molecule has 260 valence electrons. The molecule has 48 heavy (non-hydrogen) atoms. The Morgan fingerprint density at radius 3 is 2.50 bits per heavy atom. The zero-order chi connectivity index (χ0) is 34.8. The summed E-state index contributed by atoms with van der Waals surface area (Å²) in [6.07, 6.45) is 2.65. The van der Waals surface area contributed by atoms with Crippen LogP contribution in [0.3, 0.4) is 0 Å². The number of aryl methyl sites for hydroxylation is 3. The average Bonchev–Trinajstić information content (AvgIpc) is 3.77. The molecule has 1 aliphatic heterocycles. The van der Waals surface area contributed by atoms with E-state index in [0.29, 0.717) is 32.4 Å². The largest absolute Gasteiger partial charge is 0.465 e. The minimum Gasteiger partial charge on any atom is -0.465 e. The SMILES string of the molecule is Cc1ncsc1-c1ccc(CNC(=O)[C@@H]2C[C@@H](O)CN2C(=O)C(NC(=O)CCCc2cn(CCCCNC(=O)O)nn2)C(C)(C)C)cc1. The van der Waals surface area contributed by atoms with E-state index in [1.165, 1.54) is 4.90 Å². The third kappa shape index (κ3) is 10.3. The molecular formula is C33H46N8O6S. The van der Waals surface area contributed by atoms with Crippen LogP contribution in [-0.4, -0.2) is 90.2 Å². The van der Waals surface area contributed by atoms with Gasteiger partial charge in [-0.1, -0.05) is 50.3 Å². The maximum atomic E-state index is 13.9. The summed E-state index contributed by atoms with van der Waals surface area (Å²) in [5, 5.41) is 35.5. The number of rotatable bonds is 15. The molecule has 2 aromatic heterocycles. The Hall–Kier alpha value is -4.37. The molecule has 0 radical (unpaired) electrons. The number of hydrogen-bond acceptors (Lipinski definition) is 9. The molecule has 1 saturated heterocycles. The Morgan fingerprint density at radius 1 is 1.08 bits per heavy atom. The fourth-order valence-electron chi connectivity index (χ4n) is 5.60. The lowest BCUT2D eigenvalue weighted by atomic mass is 9.85. The van der Waals surface area contributed by atoms with Crippen LogP contribution in [0.4, 0.5) is 4.79 Å². The monoisotopic (exact) mass is 682 g/mol. The van der Waals surface area contributed by atoms with Crippen molar-refractivity contribution in [2.24, 2.45) is 5.41 Å². The minimum absolute atomic E-state index is 0.00793. The van der Waals surface area contributed by atoms with Gasteiger partial charge in [0.15, 0.2) is 0 Å². The molecular weight excluding hydrogens is 636 g/mol. The van der Waals surface area contributed by atoms with Gasteiger partial charge in [0.25, 0.3) is 0 Å². The van der Waals surface area contributed by atoms with Gasteiger partial charge >= 0.3 is 6.09 Å². The van der Waals surface area contributed by atoms with E-state index in [1.807, 2.05) is 63.7 Å². The van der Waals surface area contributed by atoms with Gasteiger partial charge in [-0.3, -0.25) is 19.1 Å². The highest BCUT2D eigenvalue weighted by Gasteiger charge is 2.44. The molecule has 1 fully saturated rings. The van der Waals surface area contributed by atoms with Crippen LogP contribution in [0.1, 0.15) is 69.8 Å². The van der Waals surface area contributed by atoms with Crippen molar-refractivity contribution in [1.29, 1.82) is 0 Å². The zero-order valence-corrected chi connectivity index (χ0v) is 28.8. The van der Waals surface area contributed by atoms with Crippen molar-refractivity contribution in [2.75, 3.05) is 13.1 Å². The van der Waals surface area contributed by atoms with Gasteiger partial charge in [-0.25, -0.2) is 9.78 Å². The number of likely N-dealkylation sites (tertiary alicyclic amines) is 1. The Kier molecular flexibility index (Phi) is 12.6. The molecule has 0 saturated carbocycles. The maximum absolute atomic E-state index is 13.9. The van der Waals surface area contributed by atoms with E-state index in [-0.39, 0.29) is 37.7 Å². The second-order valence-electron chi connectivity index (χ2n) is 13.2. The molecule has 15 heteroatoms. The van der Waals surface area contributed by atoms with Crippen LogP contribution >= 0.6 is 11.3 Å². The van der Waals surface area contributed by atoms with Gasteiger partial charge in [0.1, 0.15) is 12.1 Å². The molecule has 14 nitrogen and oxygen atoms in total. The van der Waals surface area contributed by atoms with Crippen molar-refractivity contribution in [3.63, 3.8) is 0 Å². The summed E-state index contributed by atoms with van der Waals surface area (Å²) in [7, 11) is 0. The number of aliphatic hydroxyl groups is 1. The molecule has 3 atom stereocenters. The summed E-state index contributed by atoms with van der Waals surface area (Å²) in [6.45, 7) is 8.78. The van der Waals surface area contributed by atoms with Crippen LogP contribution in [0.5, 0.6) is 0 Å². The van der Waals surface area contributed by atoms with Crippen LogP contribution in [-0.2, 0) is 33.9 Å². The molecule has 0 spiro atoms. The number of benzene rings is 1. The summed E-state index contributed by atoms with van der Waals surface area (Å²) in [5.74, 6) is -1.05. The highest BCUT2D eigenvalue weighted by molar-refractivity contribution is 7.13. The molecule has 1 aliphatic rings. The molecule has 1 unspecified atom stereocenters. The lowest BCUT2D eigenvalue weighted by Gasteiger charge is -2.35. The van der Waals surface area contributed by atoms with E-state index in [1.54, 1.807) is 16.0 Å². The van der Waals surface area contributed by atoms with Gasteiger partial charge in [0, 0.05) is 45.2 Å². The van der Waals surface area contributed by atoms with E-state index in [9.17, 15) is 24.3 Å². The number of carbonyl (C=O) groups excluding carboxylic acids is 3. The van der Waals surface area contributed by atoms with Gasteiger partial charge in [0.2, 0.25) is 17.7 Å². The number of thiazole rings is 1. The number of aromatic nitrogens is 4. The van der Waals surface area contributed by atoms with Crippen molar-refractivity contribution in [3.8, 4) is 10.4 Å². The van der Waals surface area contributed by atoms with E-state index in [2.05, 4.69) is 31.2 Å². The Balaban J connectivity index is 1.27. The summed E-state index contributed by atoms with van der Waals surface area (Å²) in [4.78, 5) is 57.5. The molecule has 1 aromatic carbocycles. The van der Waals surface area contributed by atoms with Gasteiger partial charge in [-0.15, -0.1) is 16.4 Å². The standard InChI is InChI=1S/C33H46N8O6S/c1-21-28(48-20-36-21)23-12-10-22(11-13-23)17-35-30(44)26-16-25(42)19-41(26)31(45)29(33(2,3)4)37-27(43)9-7-8-24-18-40(39-38-24)15-6-5-14-34-32(46)47/h10-13,18,20,25-26,29,34,42H,5-9,14-17,19H2,1-4H3,(H,35,44)(H,37,43)(H,46,47)/t25-,26+,29?/m1/s1. The lowest BCUT2D eigenvalue weighted by Crippen LogP contribution is -2.57. The molecule has 3 aromatic rings. The topological polar surface area (TPSA) is 192 Å². The number of nitrogens with zero attached hydrogens (tertiary/aromatic N) is 5. The van der Waals surface area contributed by atoms with E-state index >= 15 is 0 Å². The Labute approximate surface area is 284 Å². The molecule has 0 aliphatic carbocycles. The van der Waals surface area contributed by atoms with E-state index in [4.69, 9.17) is 5.11 Å². The first-order valence-electron chi connectivity index (χ1n) is 16.2. The van der Waals surface area contributed by atoms with Crippen molar-refractivity contribution >= 4 is 35.2 Å². The number of amides is 4. The van der Waals surface area contributed by atoms with Gasteiger partial charge in [-0.05, 0) is 49.1 Å². The van der Waals surface area contributed by atoms with Crippen LogP contribution < -0.4 is 16.0 Å². The summed E-state index contributed by atoms with van der Waals surface area (Å²) < 4.78 is 1.70. The molecule has 4 amide bonds. The first-order chi connectivity index (χ1) is 22.8. The zero-order valence-electron chi connectivity index (χ0n) is 27.9. The first kappa shape index (κ1) is 36.5. The normalized spacial score (nSPS) is 16.8. The third-order valence-corrected chi connectivity index (χ3v) is 9.20. The van der Waals surface area contributed by atoms with Crippen LogP contribution in [0, 0.1) is 12.3 Å². The van der Waals surface area contributed by atoms with Crippen LogP contribution in [0.15, 0.2) is 36.0 Å². The number of unbranched alkanes of at least 4 members (excludes halogenated alkanes) is 1. The first-order valence-corrected chi connectivity index (χ1v) is 17.1. The van der Waals surface area contributed by atoms with Crippen LogP contribution in [0.25, 0.3) is 10.4 Å². The molecule has 4 rings (SSSR count). The van der Waals surface area contributed by atoms with Crippen LogP contribution in [0.2, 0.25) is 0 Å². The Bertz CT molecular complexity index is 1550. The summed E-state index contributed by atoms with van der Waals surface area (Å²) in [5.41, 5.74) is 4.82. The van der Waals surface area contributed by atoms with Gasteiger partial charge in [0.05, 0.1) is 27.9 Å². The van der Waals surface area contributed by atoms with Crippen molar-refractivity contribution in [3.05, 3.63) is 52.9 Å². The quantitative estimate of drug-likeness (QED) is 0.150. The van der Waals surface area contributed by atoms with Crippen molar-refractivity contribution < 1.29 is 29.4 Å². The molecule has 5 N–H and O–H groups in total. The van der Waals surface area contributed by atoms with Gasteiger partial charge < -0.3 is 31.1 Å². The number of carboxylic acid groups (broad SMARTS) is 1. The predicted molar refractivity (Wildman–Crippen MR) is 180 cm³/mol. The van der Waals surface area contributed by atoms with Gasteiger partial charge in [-0.2, -0.15) is 0 Å². The molecule has 0 bridgehead atoms. The number of carbonyl (C=O) groups is 4. The minimum atomic E-state index is -1.04. The fourth-order valence-corrected chi connectivity index (χ4v) is 6.41. The number of nitrogens with one attached hydrogen (secondary N) is 3. The smallest absolute Gasteiger partial charge is 0.404 e. The second-order valence-corrected chi connectivity index (χ2v) is 14.1. The summed E-state index contributed by atoms with van der Waals surface area (Å²) in [6, 6.07) is 6.12. The summed E-state index contributed by atoms with van der Waals surface area (Å²) >= 11 is 1.57. The number of hydrogen-bond donors (Lipinski definition) is 5. The predicted octanol–water partition coefficient (Wildman–Crippen LogP) is 2.89. The fraction of sp³-hybridized carbons (Fsp3) is 0.545. The highest BCUT2D eigenvalue weighted by Crippen LogP contribution is 2.28. The lowest BCUT2D eigenvalue weighted by molar-refractivity contribution is -0.144. The van der Waals surface area contributed by atoms with Crippen molar-refractivity contribution in [2.45, 2.75) is 97.5 Å². The van der Waals surface area contributed by atoms with Crippen molar-refractivity contribution in [1.82, 2.24) is 40.8 Å². The Morgan fingerprint density at radius 2 is 1.83 bits per heavy atom. The van der Waals surface area contributed by atoms with E-state index in [0.717, 1.165) is 33.8 Å². The van der Waals surface area contributed by atoms with E-state index < -0.39 is 35.6 Å². The molecule has 3 heterocycles. The number of aliphatic hydroxyl groups excluding tert-OH is 1.